The largest absolute Gasteiger partial charge is 2.00 e. The minimum absolute atomic E-state index is 0. The van der Waals surface area contributed by atoms with Crippen molar-refractivity contribution in [3.8, 4) is 0 Å². The third-order valence-electron chi connectivity index (χ3n) is 0.167. The molecule has 4 nitrogen and oxygen atoms in total. The van der Waals surface area contributed by atoms with E-state index in [1.54, 1.807) is 0 Å². The molecule has 0 fully saturated rings. The first-order chi connectivity index (χ1) is 2.64. The SMILES string of the molecule is O=C([O-])C(=O)[O-].[Mn+2].[Ti]. The number of carbonyl (C=O) groups excluding carboxylic acids is 2. The van der Waals surface area contributed by atoms with Crippen molar-refractivity contribution in [2.75, 3.05) is 0 Å². The number of carboxylic acids is 2. The fourth-order valence-electron chi connectivity index (χ4n) is 0. The van der Waals surface area contributed by atoms with Crippen LogP contribution in [0, 0.1) is 0 Å². The molecule has 1 radical (unpaired) electrons. The molecule has 0 aromatic carbocycles. The number of carboxylic acid groups (broad SMARTS) is 2. The molecule has 0 saturated heterocycles. The van der Waals surface area contributed by atoms with E-state index in [2.05, 4.69) is 0 Å². The van der Waals surface area contributed by atoms with Gasteiger partial charge in [-0.1, -0.05) is 0 Å². The van der Waals surface area contributed by atoms with Crippen LogP contribution in [-0.4, -0.2) is 11.9 Å². The summed E-state index contributed by atoms with van der Waals surface area (Å²) >= 11 is 0. The molecule has 0 aromatic rings. The van der Waals surface area contributed by atoms with Gasteiger partial charge in [0.2, 0.25) is 0 Å². The van der Waals surface area contributed by atoms with Crippen LogP contribution in [0.3, 0.4) is 0 Å². The van der Waals surface area contributed by atoms with E-state index >= 15 is 0 Å². The second kappa shape index (κ2) is 7.17. The van der Waals surface area contributed by atoms with Gasteiger partial charge in [-0.25, -0.2) is 0 Å². The summed E-state index contributed by atoms with van der Waals surface area (Å²) in [6.45, 7) is 0. The van der Waals surface area contributed by atoms with Crippen molar-refractivity contribution in [3.05, 3.63) is 0 Å². The van der Waals surface area contributed by atoms with Crippen LogP contribution in [0.2, 0.25) is 0 Å². The van der Waals surface area contributed by atoms with Gasteiger partial charge in [0, 0.05) is 21.7 Å². The van der Waals surface area contributed by atoms with Gasteiger partial charge in [-0.15, -0.1) is 0 Å². The molecule has 0 heterocycles. The van der Waals surface area contributed by atoms with E-state index in [1.165, 1.54) is 0 Å². The van der Waals surface area contributed by atoms with Crippen LogP contribution in [0.5, 0.6) is 0 Å². The van der Waals surface area contributed by atoms with Crippen molar-refractivity contribution in [2.24, 2.45) is 0 Å². The maximum Gasteiger partial charge on any atom is 2.00 e. The summed E-state index contributed by atoms with van der Waals surface area (Å²) in [5.74, 6) is -4.37. The fraction of sp³-hybridized carbons (Fsp3) is 0. The molecule has 0 saturated carbocycles. The Balaban J connectivity index is -0.000000125. The molecular weight excluding hydrogens is 191 g/mol. The Hall–Kier alpha value is 0.174. The van der Waals surface area contributed by atoms with Crippen LogP contribution in [0.1, 0.15) is 0 Å². The molecule has 8 heavy (non-hydrogen) atoms. The second-order valence-electron chi connectivity index (χ2n) is 0.575. The van der Waals surface area contributed by atoms with Gasteiger partial charge in [0.05, 0.1) is 11.9 Å². The fourth-order valence-corrected chi connectivity index (χ4v) is 0. The van der Waals surface area contributed by atoms with Crippen molar-refractivity contribution in [1.29, 1.82) is 0 Å². The van der Waals surface area contributed by atoms with Crippen LogP contribution in [0.25, 0.3) is 0 Å². The molecule has 43 valence electrons. The Labute approximate surface area is 70.6 Å². The summed E-state index contributed by atoms with van der Waals surface area (Å²) in [6, 6.07) is 0. The molecule has 0 aliphatic rings. The predicted molar refractivity (Wildman–Crippen MR) is 10.0 cm³/mol. The minimum Gasteiger partial charge on any atom is -0.543 e. The maximum atomic E-state index is 8.93. The van der Waals surface area contributed by atoms with Crippen LogP contribution in [-0.2, 0) is 48.4 Å². The van der Waals surface area contributed by atoms with E-state index < -0.39 is 11.9 Å². The zero-order chi connectivity index (χ0) is 5.15. The van der Waals surface area contributed by atoms with Gasteiger partial charge in [-0.3, -0.25) is 0 Å². The van der Waals surface area contributed by atoms with E-state index in [-0.39, 0.29) is 38.8 Å². The number of aliphatic carboxylic acids is 2. The number of hydrogen-bond donors (Lipinski definition) is 0. The first-order valence-corrected chi connectivity index (χ1v) is 1.07. The molecule has 0 unspecified atom stereocenters. The van der Waals surface area contributed by atoms with Crippen molar-refractivity contribution >= 4 is 11.9 Å². The monoisotopic (exact) mass is 191 g/mol. The third-order valence-corrected chi connectivity index (χ3v) is 0.167. The van der Waals surface area contributed by atoms with Crippen molar-refractivity contribution in [1.82, 2.24) is 0 Å². The summed E-state index contributed by atoms with van der Waals surface area (Å²) in [6.07, 6.45) is 0. The summed E-state index contributed by atoms with van der Waals surface area (Å²) in [4.78, 5) is 17.9. The van der Waals surface area contributed by atoms with Crippen LogP contribution in [0.15, 0.2) is 0 Å². The first kappa shape index (κ1) is 15.7. The van der Waals surface area contributed by atoms with Crippen molar-refractivity contribution < 1.29 is 58.6 Å². The Morgan fingerprint density at radius 1 is 1.00 bits per heavy atom. The molecule has 0 bridgehead atoms. The van der Waals surface area contributed by atoms with Crippen LogP contribution in [0.4, 0.5) is 0 Å². The molecule has 0 spiro atoms. The Kier molecular flexibility index (Phi) is 14.1. The van der Waals surface area contributed by atoms with E-state index in [9.17, 15) is 0 Å². The average Bonchev–Trinajstić information content (AvgIpc) is 1.36. The second-order valence-corrected chi connectivity index (χ2v) is 0.575. The summed E-state index contributed by atoms with van der Waals surface area (Å²) in [7, 11) is 0. The third kappa shape index (κ3) is 9.49. The summed E-state index contributed by atoms with van der Waals surface area (Å²) in [5, 5.41) is 17.9. The van der Waals surface area contributed by atoms with Gasteiger partial charge in [0.15, 0.2) is 0 Å². The zero-order valence-corrected chi connectivity index (χ0v) is 6.25. The van der Waals surface area contributed by atoms with Crippen LogP contribution >= 0.6 is 0 Å². The van der Waals surface area contributed by atoms with Gasteiger partial charge >= 0.3 is 17.1 Å². The summed E-state index contributed by atoms with van der Waals surface area (Å²) < 4.78 is 0. The molecule has 0 aromatic heterocycles. The number of hydrogen-bond acceptors (Lipinski definition) is 4. The van der Waals surface area contributed by atoms with E-state index in [4.69, 9.17) is 19.8 Å². The average molecular weight is 191 g/mol. The van der Waals surface area contributed by atoms with Gasteiger partial charge in [-0.05, 0) is 0 Å². The van der Waals surface area contributed by atoms with Gasteiger partial charge < -0.3 is 19.8 Å². The Bertz CT molecular complexity index is 80.0. The molecule has 6 heteroatoms. The minimum atomic E-state index is -2.19. The standard InChI is InChI=1S/C2H2O4.Mn.Ti/c3-1(4)2(5)6;;/h(H,3,4)(H,5,6);;/q;+2;/p-2. The zero-order valence-electron chi connectivity index (χ0n) is 3.51. The van der Waals surface area contributed by atoms with E-state index in [1.807, 2.05) is 0 Å². The number of rotatable bonds is 0. The van der Waals surface area contributed by atoms with Gasteiger partial charge in [-0.2, -0.15) is 0 Å². The van der Waals surface area contributed by atoms with E-state index in [0.29, 0.717) is 0 Å². The molecule has 0 rings (SSSR count). The molecular formula is C2MnO4Ti. The van der Waals surface area contributed by atoms with Crippen molar-refractivity contribution in [2.45, 2.75) is 0 Å². The number of carbonyl (C=O) groups is 2. The quantitative estimate of drug-likeness (QED) is 0.293. The smallest absolute Gasteiger partial charge is 0.543 e. The normalized spacial score (nSPS) is 5.50. The van der Waals surface area contributed by atoms with E-state index in [0.717, 1.165) is 0 Å². The summed E-state index contributed by atoms with van der Waals surface area (Å²) in [5.41, 5.74) is 0. The Morgan fingerprint density at radius 2 is 1.12 bits per heavy atom. The maximum absolute atomic E-state index is 8.93. The van der Waals surface area contributed by atoms with Crippen molar-refractivity contribution in [3.63, 3.8) is 0 Å². The topological polar surface area (TPSA) is 80.3 Å². The molecule has 0 aliphatic carbocycles. The van der Waals surface area contributed by atoms with Gasteiger partial charge in [0.25, 0.3) is 0 Å². The Morgan fingerprint density at radius 3 is 1.12 bits per heavy atom. The molecule has 0 amide bonds. The van der Waals surface area contributed by atoms with Crippen LogP contribution < -0.4 is 10.2 Å². The molecule has 0 aliphatic heterocycles. The predicted octanol–water partition coefficient (Wildman–Crippen LogP) is -3.52. The molecule has 0 atom stereocenters. The first-order valence-electron chi connectivity index (χ1n) is 1.07. The molecule has 0 N–H and O–H groups in total. The van der Waals surface area contributed by atoms with Gasteiger partial charge in [0.1, 0.15) is 0 Å².